The summed E-state index contributed by atoms with van der Waals surface area (Å²) in [5, 5.41) is 8.53. The second kappa shape index (κ2) is 1.48. The Morgan fingerprint density at radius 3 is 2.44 bits per heavy atom. The molecule has 48 valence electrons. The molecule has 0 aromatic heterocycles. The second-order valence-electron chi connectivity index (χ2n) is 3.20. The van der Waals surface area contributed by atoms with Crippen molar-refractivity contribution in [3.8, 4) is 6.07 Å². The van der Waals surface area contributed by atoms with Crippen molar-refractivity contribution in [1.82, 2.24) is 4.90 Å². The molecule has 2 rings (SSSR count). The molecular weight excluding hydrogens is 112 g/mol. The smallest absolute Gasteiger partial charge is 0.0662 e. The van der Waals surface area contributed by atoms with Crippen LogP contribution in [-0.4, -0.2) is 25.0 Å². The van der Waals surface area contributed by atoms with E-state index in [0.29, 0.717) is 5.92 Å². The fourth-order valence-electron chi connectivity index (χ4n) is 1.93. The first-order chi connectivity index (χ1) is 4.33. The van der Waals surface area contributed by atoms with Crippen LogP contribution >= 0.6 is 0 Å². The van der Waals surface area contributed by atoms with Gasteiger partial charge < -0.3 is 4.90 Å². The Labute approximate surface area is 55.1 Å². The summed E-state index contributed by atoms with van der Waals surface area (Å²) in [6.07, 6.45) is 0. The van der Waals surface area contributed by atoms with E-state index in [4.69, 9.17) is 5.26 Å². The zero-order chi connectivity index (χ0) is 6.43. The van der Waals surface area contributed by atoms with Gasteiger partial charge in [-0.15, -0.1) is 0 Å². The SMILES string of the molecule is CN1C[C@@H]2C(C#N)[C@@H]2C1. The van der Waals surface area contributed by atoms with Crippen LogP contribution in [0.2, 0.25) is 0 Å². The Kier molecular flexibility index (Phi) is 0.866. The van der Waals surface area contributed by atoms with Crippen LogP contribution in [0.1, 0.15) is 0 Å². The van der Waals surface area contributed by atoms with Crippen molar-refractivity contribution in [2.75, 3.05) is 20.1 Å². The van der Waals surface area contributed by atoms with Crippen molar-refractivity contribution in [1.29, 1.82) is 5.26 Å². The minimum Gasteiger partial charge on any atom is -0.306 e. The van der Waals surface area contributed by atoms with Crippen LogP contribution in [-0.2, 0) is 0 Å². The molecule has 2 aliphatic rings. The van der Waals surface area contributed by atoms with Gasteiger partial charge in [-0.3, -0.25) is 0 Å². The third-order valence-corrected chi connectivity index (χ3v) is 2.53. The fraction of sp³-hybridized carbons (Fsp3) is 0.857. The number of nitrogens with zero attached hydrogens (tertiary/aromatic N) is 2. The summed E-state index contributed by atoms with van der Waals surface area (Å²) in [5.74, 6) is 1.89. The number of nitriles is 1. The molecule has 0 aromatic carbocycles. The predicted octanol–water partition coefficient (Wildman–Crippen LogP) is 0.318. The number of piperidine rings is 1. The van der Waals surface area contributed by atoms with Gasteiger partial charge in [-0.2, -0.15) is 5.26 Å². The highest BCUT2D eigenvalue weighted by Gasteiger charge is 2.55. The van der Waals surface area contributed by atoms with Crippen LogP contribution in [0.3, 0.4) is 0 Å². The lowest BCUT2D eigenvalue weighted by Gasteiger charge is -2.08. The first kappa shape index (κ1) is 5.25. The van der Waals surface area contributed by atoms with Gasteiger partial charge in [-0.25, -0.2) is 0 Å². The molecule has 3 atom stereocenters. The summed E-state index contributed by atoms with van der Waals surface area (Å²) in [6.45, 7) is 2.31. The molecule has 2 nitrogen and oxygen atoms in total. The van der Waals surface area contributed by atoms with Crippen molar-refractivity contribution < 1.29 is 0 Å². The molecule has 1 heterocycles. The lowest BCUT2D eigenvalue weighted by Crippen LogP contribution is -2.18. The maximum atomic E-state index is 8.53. The fourth-order valence-corrected chi connectivity index (χ4v) is 1.93. The summed E-state index contributed by atoms with van der Waals surface area (Å²) >= 11 is 0. The van der Waals surface area contributed by atoms with E-state index in [1.54, 1.807) is 0 Å². The van der Waals surface area contributed by atoms with Crippen LogP contribution in [0.4, 0.5) is 0 Å². The third-order valence-electron chi connectivity index (χ3n) is 2.53. The minimum atomic E-state index is 0.418. The minimum absolute atomic E-state index is 0.418. The van der Waals surface area contributed by atoms with Gasteiger partial charge in [0.15, 0.2) is 0 Å². The largest absolute Gasteiger partial charge is 0.306 e. The number of likely N-dealkylation sites (tertiary alicyclic amines) is 1. The highest BCUT2D eigenvalue weighted by molar-refractivity contribution is 5.13. The molecule has 0 N–H and O–H groups in total. The molecule has 0 aromatic rings. The van der Waals surface area contributed by atoms with Crippen LogP contribution in [0.25, 0.3) is 0 Å². The number of hydrogen-bond acceptors (Lipinski definition) is 2. The van der Waals surface area contributed by atoms with Gasteiger partial charge in [-0.05, 0) is 18.9 Å². The van der Waals surface area contributed by atoms with Crippen molar-refractivity contribution in [2.45, 2.75) is 0 Å². The second-order valence-corrected chi connectivity index (χ2v) is 3.20. The highest BCUT2D eigenvalue weighted by Crippen LogP contribution is 2.50. The molecule has 1 saturated heterocycles. The molecule has 0 amide bonds. The lowest BCUT2D eigenvalue weighted by atomic mass is 10.3. The number of fused-ring (bicyclic) bond motifs is 1. The number of hydrogen-bond donors (Lipinski definition) is 0. The maximum absolute atomic E-state index is 8.53. The van der Waals surface area contributed by atoms with Crippen molar-refractivity contribution in [3.05, 3.63) is 0 Å². The molecule has 1 unspecified atom stereocenters. The van der Waals surface area contributed by atoms with E-state index in [0.717, 1.165) is 24.9 Å². The van der Waals surface area contributed by atoms with E-state index in [1.165, 1.54) is 0 Å². The highest BCUT2D eigenvalue weighted by atomic mass is 15.2. The zero-order valence-electron chi connectivity index (χ0n) is 5.54. The Hall–Kier alpha value is -0.550. The standard InChI is InChI=1S/C7H10N2/c1-9-3-6-5(2-8)7(6)4-9/h5-7H,3-4H2,1H3/t5?,6-,7+. The maximum Gasteiger partial charge on any atom is 0.0662 e. The van der Waals surface area contributed by atoms with E-state index in [9.17, 15) is 0 Å². The lowest BCUT2D eigenvalue weighted by molar-refractivity contribution is 0.359. The molecule has 1 aliphatic heterocycles. The van der Waals surface area contributed by atoms with E-state index in [1.807, 2.05) is 0 Å². The van der Waals surface area contributed by atoms with Crippen LogP contribution in [0.15, 0.2) is 0 Å². The quantitative estimate of drug-likeness (QED) is 0.462. The molecule has 9 heavy (non-hydrogen) atoms. The molecule has 2 heteroatoms. The van der Waals surface area contributed by atoms with Crippen LogP contribution in [0, 0.1) is 29.1 Å². The van der Waals surface area contributed by atoms with Crippen LogP contribution < -0.4 is 0 Å². The van der Waals surface area contributed by atoms with E-state index in [-0.39, 0.29) is 0 Å². The molecule has 2 fully saturated rings. The summed E-state index contributed by atoms with van der Waals surface area (Å²) in [5.41, 5.74) is 0. The van der Waals surface area contributed by atoms with Gasteiger partial charge in [0.05, 0.1) is 12.0 Å². The van der Waals surface area contributed by atoms with Gasteiger partial charge in [0.1, 0.15) is 0 Å². The number of rotatable bonds is 0. The van der Waals surface area contributed by atoms with Crippen molar-refractivity contribution in [3.63, 3.8) is 0 Å². The van der Waals surface area contributed by atoms with Gasteiger partial charge in [0.2, 0.25) is 0 Å². The van der Waals surface area contributed by atoms with Gasteiger partial charge >= 0.3 is 0 Å². The molecule has 1 aliphatic carbocycles. The molecular formula is C7H10N2. The molecule has 0 bridgehead atoms. The van der Waals surface area contributed by atoms with E-state index >= 15 is 0 Å². The average molecular weight is 122 g/mol. The zero-order valence-corrected chi connectivity index (χ0v) is 5.54. The van der Waals surface area contributed by atoms with Crippen molar-refractivity contribution in [2.24, 2.45) is 17.8 Å². The Morgan fingerprint density at radius 1 is 1.44 bits per heavy atom. The van der Waals surface area contributed by atoms with Gasteiger partial charge in [-0.1, -0.05) is 0 Å². The monoisotopic (exact) mass is 122 g/mol. The first-order valence-corrected chi connectivity index (χ1v) is 3.41. The molecule has 0 spiro atoms. The van der Waals surface area contributed by atoms with E-state index in [2.05, 4.69) is 18.0 Å². The Morgan fingerprint density at radius 2 is 2.00 bits per heavy atom. The Balaban J connectivity index is 2.00. The first-order valence-electron chi connectivity index (χ1n) is 3.41. The van der Waals surface area contributed by atoms with E-state index < -0.39 is 0 Å². The van der Waals surface area contributed by atoms with Crippen molar-refractivity contribution >= 4 is 0 Å². The molecule has 1 saturated carbocycles. The summed E-state index contributed by atoms with van der Waals surface area (Å²) in [7, 11) is 2.13. The molecule has 0 radical (unpaired) electrons. The average Bonchev–Trinajstić information content (AvgIpc) is 2.30. The Bertz CT molecular complexity index is 158. The third kappa shape index (κ3) is 0.585. The normalized spacial score (nSPS) is 48.2. The predicted molar refractivity (Wildman–Crippen MR) is 33.6 cm³/mol. The van der Waals surface area contributed by atoms with Crippen LogP contribution in [0.5, 0.6) is 0 Å². The summed E-state index contributed by atoms with van der Waals surface area (Å²) < 4.78 is 0. The summed E-state index contributed by atoms with van der Waals surface area (Å²) in [4.78, 5) is 2.31. The topological polar surface area (TPSA) is 27.0 Å². The summed E-state index contributed by atoms with van der Waals surface area (Å²) in [6, 6.07) is 2.33. The van der Waals surface area contributed by atoms with Gasteiger partial charge in [0.25, 0.3) is 0 Å². The van der Waals surface area contributed by atoms with Gasteiger partial charge in [0, 0.05) is 13.1 Å².